The number of nitrogens with two attached hydrogens (primary N) is 1. The number of fused-ring (bicyclic) bond motifs is 1. The highest BCUT2D eigenvalue weighted by atomic mass is 16.1. The third kappa shape index (κ3) is 1.74. The molecule has 1 aromatic carbocycles. The molecule has 0 spiro atoms. The summed E-state index contributed by atoms with van der Waals surface area (Å²) in [7, 11) is 0. The Morgan fingerprint density at radius 1 is 1.27 bits per heavy atom. The summed E-state index contributed by atoms with van der Waals surface area (Å²) in [5.74, 6) is 4.89. The smallest absolute Gasteiger partial charge is 0.253 e. The highest BCUT2D eigenvalue weighted by Crippen LogP contribution is 2.29. The normalized spacial score (nSPS) is 15.3. The summed E-state index contributed by atoms with van der Waals surface area (Å²) in [6.45, 7) is 1.25. The summed E-state index contributed by atoms with van der Waals surface area (Å²) in [4.78, 5) is 11.6. The molecule has 15 heavy (non-hydrogen) atoms. The van der Waals surface area contributed by atoms with E-state index in [-0.39, 0.29) is 5.91 Å². The van der Waals surface area contributed by atoms with Crippen molar-refractivity contribution >= 4 is 17.3 Å². The minimum Gasteiger partial charge on any atom is -0.381 e. The molecule has 6 nitrogen and oxygen atoms in total. The van der Waals surface area contributed by atoms with Gasteiger partial charge in [-0.15, -0.1) is 5.11 Å². The Morgan fingerprint density at radius 2 is 2.07 bits per heavy atom. The van der Waals surface area contributed by atoms with E-state index >= 15 is 0 Å². The second-order valence-electron chi connectivity index (χ2n) is 3.10. The molecular formula is C9H11N5O. The van der Waals surface area contributed by atoms with Gasteiger partial charge in [0.2, 0.25) is 0 Å². The van der Waals surface area contributed by atoms with Crippen LogP contribution in [0.2, 0.25) is 0 Å². The fourth-order valence-corrected chi connectivity index (χ4v) is 1.52. The second-order valence-corrected chi connectivity index (χ2v) is 3.10. The number of carbonyl (C=O) groups is 1. The zero-order valence-corrected chi connectivity index (χ0v) is 8.03. The molecule has 1 aromatic rings. The SMILES string of the molecule is NN=Nc1cccc2c1NCCNC2=O. The lowest BCUT2D eigenvalue weighted by Crippen LogP contribution is -2.24. The van der Waals surface area contributed by atoms with Crippen LogP contribution in [-0.2, 0) is 0 Å². The number of para-hydroxylation sites is 1. The van der Waals surface area contributed by atoms with E-state index in [1.165, 1.54) is 0 Å². The van der Waals surface area contributed by atoms with Gasteiger partial charge in [0.15, 0.2) is 0 Å². The summed E-state index contributed by atoms with van der Waals surface area (Å²) in [6.07, 6.45) is 0. The highest BCUT2D eigenvalue weighted by Gasteiger charge is 2.16. The Kier molecular flexibility index (Phi) is 2.49. The molecule has 1 amide bonds. The van der Waals surface area contributed by atoms with Crippen LogP contribution >= 0.6 is 0 Å². The van der Waals surface area contributed by atoms with Gasteiger partial charge in [-0.3, -0.25) is 4.79 Å². The van der Waals surface area contributed by atoms with Gasteiger partial charge in [0.05, 0.1) is 11.3 Å². The molecule has 0 saturated heterocycles. The Labute approximate surface area is 86.5 Å². The van der Waals surface area contributed by atoms with E-state index in [0.29, 0.717) is 30.0 Å². The van der Waals surface area contributed by atoms with Gasteiger partial charge < -0.3 is 16.5 Å². The number of amides is 1. The molecule has 0 bridgehead atoms. The lowest BCUT2D eigenvalue weighted by Gasteiger charge is -2.07. The zero-order valence-electron chi connectivity index (χ0n) is 8.03. The molecule has 78 valence electrons. The van der Waals surface area contributed by atoms with Crippen molar-refractivity contribution in [2.45, 2.75) is 0 Å². The largest absolute Gasteiger partial charge is 0.381 e. The van der Waals surface area contributed by atoms with E-state index < -0.39 is 0 Å². The first-order valence-corrected chi connectivity index (χ1v) is 4.59. The fourth-order valence-electron chi connectivity index (χ4n) is 1.52. The van der Waals surface area contributed by atoms with Crippen LogP contribution in [0.25, 0.3) is 0 Å². The molecule has 0 fully saturated rings. The average Bonchev–Trinajstić information content (AvgIpc) is 2.43. The van der Waals surface area contributed by atoms with Gasteiger partial charge in [-0.1, -0.05) is 11.3 Å². The van der Waals surface area contributed by atoms with Crippen molar-refractivity contribution in [1.29, 1.82) is 0 Å². The first kappa shape index (κ1) is 9.45. The molecule has 0 aromatic heterocycles. The van der Waals surface area contributed by atoms with Crippen molar-refractivity contribution in [3.05, 3.63) is 23.8 Å². The molecule has 0 saturated carbocycles. The van der Waals surface area contributed by atoms with Crippen LogP contribution in [0.5, 0.6) is 0 Å². The van der Waals surface area contributed by atoms with Gasteiger partial charge in [-0.25, -0.2) is 0 Å². The van der Waals surface area contributed by atoms with E-state index in [0.717, 1.165) is 0 Å². The molecule has 0 radical (unpaired) electrons. The third-order valence-corrected chi connectivity index (χ3v) is 2.16. The molecule has 0 atom stereocenters. The molecule has 0 aliphatic carbocycles. The molecule has 4 N–H and O–H groups in total. The summed E-state index contributed by atoms with van der Waals surface area (Å²) < 4.78 is 0. The van der Waals surface area contributed by atoms with Crippen LogP contribution in [0.1, 0.15) is 10.4 Å². The van der Waals surface area contributed by atoms with E-state index in [2.05, 4.69) is 21.0 Å². The molecule has 6 heteroatoms. The lowest BCUT2D eigenvalue weighted by molar-refractivity contribution is 0.0958. The number of hydrogen-bond acceptors (Lipinski definition) is 4. The average molecular weight is 205 g/mol. The molecule has 1 aliphatic rings. The predicted molar refractivity (Wildman–Crippen MR) is 56.0 cm³/mol. The quantitative estimate of drug-likeness (QED) is 0.359. The van der Waals surface area contributed by atoms with Gasteiger partial charge in [0, 0.05) is 13.1 Å². The monoisotopic (exact) mass is 205 g/mol. The number of benzene rings is 1. The van der Waals surface area contributed by atoms with E-state index in [1.807, 2.05) is 0 Å². The van der Waals surface area contributed by atoms with Crippen molar-refractivity contribution in [1.82, 2.24) is 5.32 Å². The van der Waals surface area contributed by atoms with Crippen LogP contribution in [0.15, 0.2) is 28.5 Å². The Bertz CT molecular complexity index is 415. The van der Waals surface area contributed by atoms with Crippen LogP contribution in [-0.4, -0.2) is 19.0 Å². The van der Waals surface area contributed by atoms with Gasteiger partial charge in [-0.2, -0.15) is 0 Å². The van der Waals surface area contributed by atoms with Gasteiger partial charge in [-0.05, 0) is 12.1 Å². The molecular weight excluding hydrogens is 194 g/mol. The summed E-state index contributed by atoms with van der Waals surface area (Å²) in [5, 5.41) is 12.9. The minimum atomic E-state index is -0.107. The van der Waals surface area contributed by atoms with Crippen molar-refractivity contribution in [3.8, 4) is 0 Å². The first-order chi connectivity index (χ1) is 7.33. The van der Waals surface area contributed by atoms with E-state index in [9.17, 15) is 4.79 Å². The Hall–Kier alpha value is -2.11. The summed E-state index contributed by atoms with van der Waals surface area (Å²) in [5.41, 5.74) is 1.83. The van der Waals surface area contributed by atoms with Gasteiger partial charge in [0.25, 0.3) is 5.91 Å². The molecule has 2 rings (SSSR count). The maximum absolute atomic E-state index is 11.6. The van der Waals surface area contributed by atoms with Crippen molar-refractivity contribution in [2.75, 3.05) is 18.4 Å². The van der Waals surface area contributed by atoms with Crippen molar-refractivity contribution in [2.24, 2.45) is 16.2 Å². The van der Waals surface area contributed by atoms with Crippen LogP contribution in [0.3, 0.4) is 0 Å². The standard InChI is InChI=1S/C9H11N5O/c10-14-13-7-3-1-2-6-8(7)11-4-5-12-9(6)15/h1-3,11H,4-5H2,(H2,10,13)(H,12,15). The Morgan fingerprint density at radius 3 is 2.87 bits per heavy atom. The van der Waals surface area contributed by atoms with Gasteiger partial charge >= 0.3 is 0 Å². The maximum atomic E-state index is 11.6. The highest BCUT2D eigenvalue weighted by molar-refractivity contribution is 6.02. The fraction of sp³-hybridized carbons (Fsp3) is 0.222. The number of anilines is 1. The van der Waals surface area contributed by atoms with E-state index in [1.54, 1.807) is 18.2 Å². The van der Waals surface area contributed by atoms with Crippen LogP contribution in [0.4, 0.5) is 11.4 Å². The van der Waals surface area contributed by atoms with Crippen LogP contribution in [0, 0.1) is 0 Å². The molecule has 1 aliphatic heterocycles. The topological polar surface area (TPSA) is 91.9 Å². The maximum Gasteiger partial charge on any atom is 0.253 e. The van der Waals surface area contributed by atoms with Crippen LogP contribution < -0.4 is 16.5 Å². The van der Waals surface area contributed by atoms with Crippen molar-refractivity contribution in [3.63, 3.8) is 0 Å². The zero-order chi connectivity index (χ0) is 10.7. The van der Waals surface area contributed by atoms with E-state index in [4.69, 9.17) is 5.84 Å². The Balaban J connectivity index is 2.53. The number of carbonyl (C=O) groups excluding carboxylic acids is 1. The molecule has 0 unspecified atom stereocenters. The lowest BCUT2D eigenvalue weighted by atomic mass is 10.1. The van der Waals surface area contributed by atoms with Crippen molar-refractivity contribution < 1.29 is 4.79 Å². The molecule has 1 heterocycles. The summed E-state index contributed by atoms with van der Waals surface area (Å²) >= 11 is 0. The van der Waals surface area contributed by atoms with Gasteiger partial charge in [0.1, 0.15) is 5.69 Å². The number of hydrogen-bond donors (Lipinski definition) is 3. The number of nitrogens with one attached hydrogen (secondary N) is 2. The number of rotatable bonds is 1. The number of nitrogens with zero attached hydrogens (tertiary/aromatic N) is 2. The predicted octanol–water partition coefficient (Wildman–Crippen LogP) is 0.799. The third-order valence-electron chi connectivity index (χ3n) is 2.16. The second kappa shape index (κ2) is 3.95. The summed E-state index contributed by atoms with van der Waals surface area (Å²) in [6, 6.07) is 5.23. The minimum absolute atomic E-state index is 0.107. The first-order valence-electron chi connectivity index (χ1n) is 4.59.